The highest BCUT2D eigenvalue weighted by molar-refractivity contribution is 7.91. The molecule has 45 heavy (non-hydrogen) atoms. The van der Waals surface area contributed by atoms with E-state index in [0.717, 1.165) is 13.2 Å². The van der Waals surface area contributed by atoms with Crippen LogP contribution < -0.4 is 16.0 Å². The van der Waals surface area contributed by atoms with Gasteiger partial charge in [-0.25, -0.2) is 23.3 Å². The molecule has 1 aliphatic rings. The second-order valence-corrected chi connectivity index (χ2v) is 12.9. The van der Waals surface area contributed by atoms with E-state index in [0.29, 0.717) is 11.6 Å². The number of ketones is 3. The Labute approximate surface area is 258 Å². The summed E-state index contributed by atoms with van der Waals surface area (Å²) in [6, 6.07) is 13.8. The van der Waals surface area contributed by atoms with Crippen LogP contribution in [0, 0.1) is 0 Å². The molecule has 1 aliphatic heterocycles. The summed E-state index contributed by atoms with van der Waals surface area (Å²) in [5.74, 6) is -8.34. The Morgan fingerprint density at radius 3 is 2.33 bits per heavy atom. The Morgan fingerprint density at radius 1 is 1.00 bits per heavy atom. The Morgan fingerprint density at radius 2 is 1.69 bits per heavy atom. The maximum atomic E-state index is 13.7. The lowest BCUT2D eigenvalue weighted by Gasteiger charge is -2.21. The van der Waals surface area contributed by atoms with Gasteiger partial charge in [-0.3, -0.25) is 19.2 Å². The molecule has 0 fully saturated rings. The highest BCUT2D eigenvalue weighted by Crippen LogP contribution is 2.35. The van der Waals surface area contributed by atoms with E-state index < -0.39 is 81.1 Å². The predicted octanol–water partition coefficient (Wildman–Crippen LogP) is 1.06. The van der Waals surface area contributed by atoms with E-state index in [4.69, 9.17) is 16.7 Å². The Kier molecular flexibility index (Phi) is 7.96. The summed E-state index contributed by atoms with van der Waals surface area (Å²) in [6.07, 6.45) is 0. The van der Waals surface area contributed by atoms with E-state index in [1.165, 1.54) is 18.2 Å². The van der Waals surface area contributed by atoms with Gasteiger partial charge in [0.25, 0.3) is 21.4 Å². The molecule has 4 N–H and O–H groups in total. The number of primary sulfonamides is 1. The average molecular weight is 672 g/mol. The van der Waals surface area contributed by atoms with Crippen molar-refractivity contribution in [2.45, 2.75) is 15.7 Å². The second-order valence-electron chi connectivity index (χ2n) is 9.40. The quantitative estimate of drug-likeness (QED) is 0.103. The van der Waals surface area contributed by atoms with Gasteiger partial charge in [0.05, 0.1) is 28.9 Å². The number of ether oxygens (including phenoxy) is 1. The molecule has 1 atom stereocenters. The van der Waals surface area contributed by atoms with E-state index >= 15 is 0 Å². The molecule has 0 bridgehead atoms. The Hall–Kier alpha value is -5.10. The van der Waals surface area contributed by atoms with Gasteiger partial charge in [-0.15, -0.1) is 4.40 Å². The fourth-order valence-corrected chi connectivity index (χ4v) is 6.71. The van der Waals surface area contributed by atoms with Crippen LogP contribution in [0.1, 0.15) is 27.5 Å². The summed E-state index contributed by atoms with van der Waals surface area (Å²) in [7, 11) is -8.45. The zero-order chi connectivity index (χ0) is 32.8. The smallest absolute Gasteiger partial charge is 0.375 e. The van der Waals surface area contributed by atoms with Gasteiger partial charge < -0.3 is 15.0 Å². The number of benzene rings is 3. The lowest BCUT2D eigenvalue weighted by atomic mass is 9.93. The van der Waals surface area contributed by atoms with Crippen LogP contribution in [0.4, 0.5) is 5.69 Å². The molecule has 18 heteroatoms. The number of nitrogens with one attached hydrogen (secondary N) is 2. The van der Waals surface area contributed by atoms with Crippen molar-refractivity contribution in [3.8, 4) is 0 Å². The number of aromatic nitrogens is 2. The topological polar surface area (TPSA) is 242 Å². The number of hydrogen-bond acceptors (Lipinski definition) is 12. The molecule has 4 aromatic rings. The van der Waals surface area contributed by atoms with E-state index in [9.17, 15) is 40.8 Å². The molecule has 3 aromatic carbocycles. The number of nitrogens with zero attached hydrogens (tertiary/aromatic N) is 2. The number of anilines is 1. The number of carbonyl (C=O) groups excluding carboxylic acids is 4. The zero-order valence-electron chi connectivity index (χ0n) is 22.6. The summed E-state index contributed by atoms with van der Waals surface area (Å²) in [5.41, 5.74) is -1.73. The molecule has 230 valence electrons. The lowest BCUT2D eigenvalue weighted by Crippen LogP contribution is -2.41. The van der Waals surface area contributed by atoms with Gasteiger partial charge in [-0.05, 0) is 30.3 Å². The molecule has 0 radical (unpaired) electrons. The Balaban J connectivity index is 1.60. The van der Waals surface area contributed by atoms with Crippen molar-refractivity contribution in [3.63, 3.8) is 0 Å². The van der Waals surface area contributed by atoms with Crippen LogP contribution in [0.5, 0.6) is 0 Å². The van der Waals surface area contributed by atoms with Crippen LogP contribution in [0.25, 0.3) is 11.0 Å². The Bertz CT molecular complexity index is 2290. The van der Waals surface area contributed by atoms with Crippen molar-refractivity contribution < 1.29 is 40.8 Å². The number of aromatic amines is 1. The summed E-state index contributed by atoms with van der Waals surface area (Å²) in [4.78, 5) is 70.2. The van der Waals surface area contributed by atoms with E-state index in [2.05, 4.69) is 24.4 Å². The number of sulfonamides is 2. The van der Waals surface area contributed by atoms with E-state index in [1.54, 1.807) is 30.3 Å². The van der Waals surface area contributed by atoms with Crippen LogP contribution in [-0.2, 0) is 39.2 Å². The minimum atomic E-state index is -4.82. The molecule has 0 amide bonds. The monoisotopic (exact) mass is 671 g/mol. The first kappa shape index (κ1) is 31.3. The van der Waals surface area contributed by atoms with E-state index in [-0.39, 0.29) is 22.4 Å². The second kappa shape index (κ2) is 11.4. The van der Waals surface area contributed by atoms with Crippen molar-refractivity contribution in [3.05, 3.63) is 92.9 Å². The van der Waals surface area contributed by atoms with Gasteiger partial charge in [0.2, 0.25) is 15.8 Å². The van der Waals surface area contributed by atoms with Crippen molar-refractivity contribution in [1.29, 1.82) is 0 Å². The highest BCUT2D eigenvalue weighted by atomic mass is 35.5. The van der Waals surface area contributed by atoms with Gasteiger partial charge in [0, 0.05) is 11.1 Å². The number of Topliss-reactive ketones (excluding diaryl/α,β-unsaturated/α-hetero) is 2. The number of esters is 1. The maximum absolute atomic E-state index is 13.7. The molecular formula is C27H18ClN5O10S2. The standard InChI is InChI=1S/C27H18ClN5O10S2/c1-43-27(38)24(36)20(23(35)25-31-17-10-14(28)18(44(29,39)40)11-19(17)45(41,42)33-25)21-26(37)32-16-9-13(7-8-15(16)30-21)22(34)12-5-3-2-4-6-12/h2-11,20H,1H3,(H,31,33)(H,32,37)(H2,29,39,40). The fourth-order valence-electron chi connectivity index (χ4n) is 4.41. The minimum Gasteiger partial charge on any atom is -0.463 e. The molecular weight excluding hydrogens is 654 g/mol. The largest absolute Gasteiger partial charge is 0.463 e. The molecule has 0 aliphatic carbocycles. The van der Waals surface area contributed by atoms with Gasteiger partial charge in [-0.1, -0.05) is 41.9 Å². The number of rotatable bonds is 8. The maximum Gasteiger partial charge on any atom is 0.375 e. The molecule has 1 aromatic heterocycles. The fraction of sp³-hybridized carbons (Fsp3) is 0.0741. The van der Waals surface area contributed by atoms with Crippen LogP contribution in [0.3, 0.4) is 0 Å². The number of methoxy groups -OCH3 is 1. The van der Waals surface area contributed by atoms with Crippen molar-refractivity contribution in [2.24, 2.45) is 9.54 Å². The number of hydrogen-bond donors (Lipinski definition) is 3. The van der Waals surface area contributed by atoms with Gasteiger partial charge in [0.1, 0.15) is 21.4 Å². The first-order valence-corrected chi connectivity index (χ1v) is 15.8. The lowest BCUT2D eigenvalue weighted by molar-refractivity contribution is -0.153. The first-order valence-electron chi connectivity index (χ1n) is 12.4. The van der Waals surface area contributed by atoms with Gasteiger partial charge in [-0.2, -0.15) is 8.42 Å². The molecule has 2 heterocycles. The number of fused-ring (bicyclic) bond motifs is 2. The zero-order valence-corrected chi connectivity index (χ0v) is 25.0. The SMILES string of the molecule is COC(=O)C(=O)C(C(=O)C1=NS(=O)(=O)c2cc(S(N)(=O)=O)c(Cl)cc2N1)c1nc2ccc(C(=O)c3ccccc3)cc2[nH]c1=O. The van der Waals surface area contributed by atoms with E-state index in [1.807, 2.05) is 0 Å². The minimum absolute atomic E-state index is 0.00323. The van der Waals surface area contributed by atoms with Crippen LogP contribution >= 0.6 is 11.6 Å². The summed E-state index contributed by atoms with van der Waals surface area (Å²) in [6.45, 7) is 0. The van der Waals surface area contributed by atoms with Crippen LogP contribution in [-0.4, -0.2) is 63.1 Å². The number of halogens is 1. The first-order chi connectivity index (χ1) is 21.1. The van der Waals surface area contributed by atoms with Crippen LogP contribution in [0.15, 0.2) is 79.6 Å². The van der Waals surface area contributed by atoms with Gasteiger partial charge >= 0.3 is 5.97 Å². The third-order valence-corrected chi connectivity index (χ3v) is 9.21. The van der Waals surface area contributed by atoms with Gasteiger partial charge in [0.15, 0.2) is 11.6 Å². The molecule has 0 saturated heterocycles. The molecule has 5 rings (SSSR count). The number of carbonyl (C=O) groups is 4. The van der Waals surface area contributed by atoms with Crippen LogP contribution in [0.2, 0.25) is 5.02 Å². The summed E-state index contributed by atoms with van der Waals surface area (Å²) in [5, 5.41) is 6.92. The molecule has 0 saturated carbocycles. The number of nitrogens with two attached hydrogens (primary N) is 1. The van der Waals surface area contributed by atoms with Crippen molar-refractivity contribution in [2.75, 3.05) is 12.4 Å². The third kappa shape index (κ3) is 5.88. The predicted molar refractivity (Wildman–Crippen MR) is 158 cm³/mol. The summed E-state index contributed by atoms with van der Waals surface area (Å²) < 4.78 is 57.4. The molecule has 1 unspecified atom stereocenters. The normalized spacial score (nSPS) is 14.4. The number of amidine groups is 1. The molecule has 15 nitrogen and oxygen atoms in total. The average Bonchev–Trinajstić information content (AvgIpc) is 2.99. The highest BCUT2D eigenvalue weighted by Gasteiger charge is 2.42. The number of H-pyrrole nitrogens is 1. The third-order valence-electron chi connectivity index (χ3n) is 6.52. The van der Waals surface area contributed by atoms with Crippen molar-refractivity contribution in [1.82, 2.24) is 9.97 Å². The summed E-state index contributed by atoms with van der Waals surface area (Å²) >= 11 is 5.97. The van der Waals surface area contributed by atoms with Crippen molar-refractivity contribution >= 4 is 77.5 Å². The molecule has 0 spiro atoms.